The van der Waals surface area contributed by atoms with Gasteiger partial charge < -0.3 is 35.4 Å². The highest BCUT2D eigenvalue weighted by molar-refractivity contribution is 5.58. The summed E-state index contributed by atoms with van der Waals surface area (Å²) in [5, 5.41) is 59.3. The maximum Gasteiger partial charge on any atom is 0.157 e. The first-order chi connectivity index (χ1) is 11.3. The summed E-state index contributed by atoms with van der Waals surface area (Å²) in [7, 11) is 0. The Hall–Kier alpha value is -2.64. The lowest BCUT2D eigenvalue weighted by Crippen LogP contribution is -2.31. The molecule has 0 saturated heterocycles. The molecule has 1 aliphatic rings. The van der Waals surface area contributed by atoms with Crippen LogP contribution in [0.25, 0.3) is 0 Å². The summed E-state index contributed by atoms with van der Waals surface area (Å²) in [6, 6.07) is 5.12. The minimum absolute atomic E-state index is 0.0352. The standard InChI is InChI=1S/C17H18O7/c1-7(18)15-13(22)6-11(20)9-5-14(23)16(24-17(9)15)8-2-3-10(19)12(21)4-8/h2-4,6-7,14,16,18-23H,5H2,1H3/t7?,14-,16?/m0/s1. The fourth-order valence-electron chi connectivity index (χ4n) is 2.95. The molecular weight excluding hydrogens is 316 g/mol. The number of aliphatic hydroxyl groups excluding tert-OH is 2. The third kappa shape index (κ3) is 2.57. The second kappa shape index (κ2) is 5.77. The van der Waals surface area contributed by atoms with Gasteiger partial charge in [0, 0.05) is 18.1 Å². The van der Waals surface area contributed by atoms with Crippen molar-refractivity contribution >= 4 is 0 Å². The molecular formula is C17H18O7. The number of ether oxygens (including phenoxy) is 1. The van der Waals surface area contributed by atoms with Crippen LogP contribution in [-0.4, -0.2) is 36.7 Å². The summed E-state index contributed by atoms with van der Waals surface area (Å²) < 4.78 is 5.76. The number of benzene rings is 2. The minimum Gasteiger partial charge on any atom is -0.507 e. The first kappa shape index (κ1) is 16.2. The van der Waals surface area contributed by atoms with E-state index in [1.807, 2.05) is 0 Å². The van der Waals surface area contributed by atoms with Gasteiger partial charge in [-0.05, 0) is 24.6 Å². The van der Waals surface area contributed by atoms with Crippen molar-refractivity contribution in [3.63, 3.8) is 0 Å². The Kier molecular flexibility index (Phi) is 3.90. The zero-order valence-electron chi connectivity index (χ0n) is 12.8. The van der Waals surface area contributed by atoms with E-state index in [0.29, 0.717) is 5.56 Å². The lowest BCUT2D eigenvalue weighted by molar-refractivity contribution is 0.0170. The van der Waals surface area contributed by atoms with Gasteiger partial charge in [0.25, 0.3) is 0 Å². The average Bonchev–Trinajstić information content (AvgIpc) is 2.50. The molecule has 1 heterocycles. The number of phenols is 4. The van der Waals surface area contributed by atoms with Crippen LogP contribution in [0.4, 0.5) is 0 Å². The van der Waals surface area contributed by atoms with Crippen molar-refractivity contribution in [1.29, 1.82) is 0 Å². The molecule has 0 aliphatic carbocycles. The number of aromatic hydroxyl groups is 4. The van der Waals surface area contributed by atoms with Gasteiger partial charge in [-0.3, -0.25) is 0 Å². The van der Waals surface area contributed by atoms with E-state index in [0.717, 1.165) is 6.07 Å². The first-order valence-corrected chi connectivity index (χ1v) is 7.42. The molecule has 2 unspecified atom stereocenters. The van der Waals surface area contributed by atoms with Crippen molar-refractivity contribution < 1.29 is 35.4 Å². The van der Waals surface area contributed by atoms with Gasteiger partial charge in [-0.1, -0.05) is 6.07 Å². The van der Waals surface area contributed by atoms with Gasteiger partial charge in [0.15, 0.2) is 11.5 Å². The Labute approximate surface area is 137 Å². The number of hydrogen-bond acceptors (Lipinski definition) is 7. The Morgan fingerprint density at radius 2 is 1.71 bits per heavy atom. The van der Waals surface area contributed by atoms with E-state index in [9.17, 15) is 30.6 Å². The van der Waals surface area contributed by atoms with E-state index >= 15 is 0 Å². The second-order valence-electron chi connectivity index (χ2n) is 5.87. The number of fused-ring (bicyclic) bond motifs is 1. The predicted molar refractivity (Wildman–Crippen MR) is 83.3 cm³/mol. The van der Waals surface area contributed by atoms with Gasteiger partial charge in [0.05, 0.1) is 17.8 Å². The van der Waals surface area contributed by atoms with E-state index in [-0.39, 0.29) is 46.3 Å². The molecule has 128 valence electrons. The van der Waals surface area contributed by atoms with Crippen molar-refractivity contribution in [2.75, 3.05) is 0 Å². The van der Waals surface area contributed by atoms with Crippen LogP contribution in [0.2, 0.25) is 0 Å². The molecule has 0 bridgehead atoms. The average molecular weight is 334 g/mol. The van der Waals surface area contributed by atoms with Crippen LogP contribution in [0.3, 0.4) is 0 Å². The molecule has 7 nitrogen and oxygen atoms in total. The number of hydrogen-bond donors (Lipinski definition) is 6. The minimum atomic E-state index is -1.05. The van der Waals surface area contributed by atoms with Gasteiger partial charge in [-0.2, -0.15) is 0 Å². The molecule has 0 saturated carbocycles. The van der Waals surface area contributed by atoms with Crippen LogP contribution in [0.5, 0.6) is 28.7 Å². The summed E-state index contributed by atoms with van der Waals surface area (Å²) in [6.45, 7) is 1.45. The predicted octanol–water partition coefficient (Wildman–Crippen LogP) is 1.60. The van der Waals surface area contributed by atoms with Crippen LogP contribution in [0.1, 0.15) is 35.8 Å². The second-order valence-corrected chi connectivity index (χ2v) is 5.87. The van der Waals surface area contributed by atoms with Crippen molar-refractivity contribution in [3.05, 3.63) is 41.0 Å². The largest absolute Gasteiger partial charge is 0.507 e. The molecule has 2 aromatic rings. The summed E-state index contributed by atoms with van der Waals surface area (Å²) in [6.07, 6.45) is -2.95. The van der Waals surface area contributed by atoms with Crippen molar-refractivity contribution in [1.82, 2.24) is 0 Å². The summed E-state index contributed by atoms with van der Waals surface area (Å²) in [4.78, 5) is 0. The normalized spacial score (nSPS) is 21.0. The molecule has 0 fully saturated rings. The zero-order chi connectivity index (χ0) is 17.6. The van der Waals surface area contributed by atoms with Crippen molar-refractivity contribution in [2.45, 2.75) is 31.7 Å². The number of aliphatic hydroxyl groups is 2. The summed E-state index contributed by atoms with van der Waals surface area (Å²) in [5.41, 5.74) is 0.806. The quantitative estimate of drug-likeness (QED) is 0.460. The van der Waals surface area contributed by atoms with Gasteiger partial charge >= 0.3 is 0 Å². The topological polar surface area (TPSA) is 131 Å². The smallest absolute Gasteiger partial charge is 0.157 e. The van der Waals surface area contributed by atoms with Crippen molar-refractivity contribution in [3.8, 4) is 28.7 Å². The molecule has 1 aliphatic heterocycles. The Morgan fingerprint density at radius 1 is 1.00 bits per heavy atom. The van der Waals surface area contributed by atoms with E-state index in [1.54, 1.807) is 0 Å². The molecule has 2 aromatic carbocycles. The molecule has 24 heavy (non-hydrogen) atoms. The highest BCUT2D eigenvalue weighted by atomic mass is 16.5. The van der Waals surface area contributed by atoms with E-state index < -0.39 is 18.3 Å². The van der Waals surface area contributed by atoms with Crippen LogP contribution in [0.15, 0.2) is 24.3 Å². The lowest BCUT2D eigenvalue weighted by Gasteiger charge is -2.33. The molecule has 7 heteroatoms. The highest BCUT2D eigenvalue weighted by Crippen LogP contribution is 2.47. The van der Waals surface area contributed by atoms with E-state index in [4.69, 9.17) is 4.74 Å². The zero-order valence-corrected chi connectivity index (χ0v) is 12.8. The van der Waals surface area contributed by atoms with Crippen LogP contribution < -0.4 is 4.74 Å². The molecule has 0 amide bonds. The number of rotatable bonds is 2. The maximum atomic E-state index is 10.3. The summed E-state index contributed by atoms with van der Waals surface area (Å²) >= 11 is 0. The van der Waals surface area contributed by atoms with Crippen LogP contribution in [-0.2, 0) is 6.42 Å². The van der Waals surface area contributed by atoms with E-state index in [2.05, 4.69) is 0 Å². The van der Waals surface area contributed by atoms with Crippen molar-refractivity contribution in [2.24, 2.45) is 0 Å². The lowest BCUT2D eigenvalue weighted by atomic mass is 9.91. The summed E-state index contributed by atoms with van der Waals surface area (Å²) in [5.74, 6) is -1.11. The van der Waals surface area contributed by atoms with Gasteiger partial charge in [-0.25, -0.2) is 0 Å². The third-order valence-corrected chi connectivity index (χ3v) is 4.13. The Morgan fingerprint density at radius 3 is 2.33 bits per heavy atom. The monoisotopic (exact) mass is 334 g/mol. The molecule has 0 radical (unpaired) electrons. The third-order valence-electron chi connectivity index (χ3n) is 4.13. The SMILES string of the molecule is CC(O)c1c(O)cc(O)c2c1OC(c1ccc(O)c(O)c1)[C@@H](O)C2. The fraction of sp³-hybridized carbons (Fsp3) is 0.294. The molecule has 0 aromatic heterocycles. The van der Waals surface area contributed by atoms with Gasteiger partial charge in [-0.15, -0.1) is 0 Å². The number of phenolic OH excluding ortho intramolecular Hbond substituents is 4. The van der Waals surface area contributed by atoms with Gasteiger partial charge in [0.1, 0.15) is 23.4 Å². The molecule has 0 spiro atoms. The molecule has 3 atom stereocenters. The van der Waals surface area contributed by atoms with E-state index in [1.165, 1.54) is 25.1 Å². The fourth-order valence-corrected chi connectivity index (χ4v) is 2.95. The first-order valence-electron chi connectivity index (χ1n) is 7.42. The Balaban J connectivity index is 2.09. The van der Waals surface area contributed by atoms with Gasteiger partial charge in [0.2, 0.25) is 0 Å². The maximum absolute atomic E-state index is 10.3. The van der Waals surface area contributed by atoms with Crippen LogP contribution in [0, 0.1) is 0 Å². The molecule has 6 N–H and O–H groups in total. The van der Waals surface area contributed by atoms with Crippen LogP contribution >= 0.6 is 0 Å². The molecule has 3 rings (SSSR count). The highest BCUT2D eigenvalue weighted by Gasteiger charge is 2.35. The Bertz CT molecular complexity index is 785.